The van der Waals surface area contributed by atoms with E-state index < -0.39 is 0 Å². The first-order valence-electron chi connectivity index (χ1n) is 12.3. The minimum atomic E-state index is -0.275. The van der Waals surface area contributed by atoms with Crippen LogP contribution in [-0.2, 0) is 4.84 Å². The lowest BCUT2D eigenvalue weighted by Crippen LogP contribution is -2.14. The monoisotopic (exact) mass is 479 g/mol. The summed E-state index contributed by atoms with van der Waals surface area (Å²) in [7, 11) is 1.55. The van der Waals surface area contributed by atoms with Gasteiger partial charge in [0.25, 0.3) is 0 Å². The number of allylic oxidation sites excluding steroid dienone is 1. The summed E-state index contributed by atoms with van der Waals surface area (Å²) in [5, 5.41) is 4.05. The average Bonchev–Trinajstić information content (AvgIpc) is 2.85. The van der Waals surface area contributed by atoms with Crippen molar-refractivity contribution >= 4 is 5.71 Å². The first-order valence-corrected chi connectivity index (χ1v) is 12.3. The molecule has 0 N–H and O–H groups in total. The second-order valence-electron chi connectivity index (χ2n) is 7.67. The number of oxime groups is 1. The molecule has 2 aromatic rings. The molecule has 0 bridgehead atoms. The van der Waals surface area contributed by atoms with Gasteiger partial charge in [-0.15, -0.1) is 0 Å². The van der Waals surface area contributed by atoms with E-state index in [-0.39, 0.29) is 12.2 Å². The second-order valence-corrected chi connectivity index (χ2v) is 7.67. The molecule has 35 heavy (non-hydrogen) atoms. The molecule has 0 heterocycles. The topological polar surface area (TPSA) is 49.3 Å². The Morgan fingerprint density at radius 3 is 2.03 bits per heavy atom. The molecule has 0 saturated heterocycles. The standard InChI is InChI=1S/C28H35NO4.C2H6/c1-8-10-17-31-26-18-20(3)28(21(4)19-26)33-23(6)12-11-22(5)32-25-15-13-24(14-16-25)27(9-2)29-30-7;1-2/h8,10,13-16,18-19,22-23H,9,17H2,1-7H3;1-2H3/b10-8+,29-27-;. The maximum absolute atomic E-state index is 6.11. The van der Waals surface area contributed by atoms with Crippen LogP contribution in [0, 0.1) is 25.7 Å². The van der Waals surface area contributed by atoms with E-state index in [9.17, 15) is 0 Å². The molecule has 2 aromatic carbocycles. The van der Waals surface area contributed by atoms with E-state index in [1.165, 1.54) is 0 Å². The predicted molar refractivity (Wildman–Crippen MR) is 146 cm³/mol. The smallest absolute Gasteiger partial charge is 0.156 e. The van der Waals surface area contributed by atoms with Crippen LogP contribution in [0.3, 0.4) is 0 Å². The van der Waals surface area contributed by atoms with Crippen LogP contribution >= 0.6 is 0 Å². The normalized spacial score (nSPS) is 12.5. The number of hydrogen-bond donors (Lipinski definition) is 0. The Bertz CT molecular complexity index is 990. The summed E-state index contributed by atoms with van der Waals surface area (Å²) >= 11 is 0. The molecule has 0 radical (unpaired) electrons. The molecule has 0 aromatic heterocycles. The summed E-state index contributed by atoms with van der Waals surface area (Å²) in [4.78, 5) is 4.90. The molecular weight excluding hydrogens is 438 g/mol. The van der Waals surface area contributed by atoms with E-state index in [1.807, 2.05) is 104 Å². The number of ether oxygens (including phenoxy) is 3. The van der Waals surface area contributed by atoms with Crippen molar-refractivity contribution in [1.82, 2.24) is 0 Å². The quantitative estimate of drug-likeness (QED) is 0.155. The van der Waals surface area contributed by atoms with Gasteiger partial charge in [-0.2, -0.15) is 0 Å². The van der Waals surface area contributed by atoms with Crippen LogP contribution in [0.4, 0.5) is 0 Å². The van der Waals surface area contributed by atoms with Crippen molar-refractivity contribution in [2.45, 2.75) is 74.0 Å². The van der Waals surface area contributed by atoms with Crippen LogP contribution < -0.4 is 14.2 Å². The molecule has 2 rings (SSSR count). The largest absolute Gasteiger partial charge is 0.490 e. The first kappa shape index (κ1) is 29.6. The highest BCUT2D eigenvalue weighted by atomic mass is 16.6. The molecule has 0 aliphatic heterocycles. The summed E-state index contributed by atoms with van der Waals surface area (Å²) < 4.78 is 17.8. The lowest BCUT2D eigenvalue weighted by Gasteiger charge is -2.16. The van der Waals surface area contributed by atoms with Crippen LogP contribution in [-0.4, -0.2) is 31.6 Å². The fraction of sp³-hybridized carbons (Fsp3) is 0.433. The maximum Gasteiger partial charge on any atom is 0.156 e. The van der Waals surface area contributed by atoms with Crippen molar-refractivity contribution in [2.75, 3.05) is 13.7 Å². The number of aryl methyl sites for hydroxylation is 2. The summed E-state index contributed by atoms with van der Waals surface area (Å²) in [5.74, 6) is 8.70. The molecule has 190 valence electrons. The molecule has 0 amide bonds. The van der Waals surface area contributed by atoms with E-state index in [1.54, 1.807) is 7.11 Å². The van der Waals surface area contributed by atoms with Crippen LogP contribution in [0.2, 0.25) is 0 Å². The lowest BCUT2D eigenvalue weighted by atomic mass is 10.1. The van der Waals surface area contributed by atoms with Gasteiger partial charge in [-0.1, -0.05) is 49.9 Å². The molecule has 0 aliphatic rings. The highest BCUT2D eigenvalue weighted by Gasteiger charge is 2.10. The van der Waals surface area contributed by atoms with Gasteiger partial charge in [0.15, 0.2) is 12.2 Å². The molecule has 0 aliphatic carbocycles. The zero-order chi connectivity index (χ0) is 26.2. The number of rotatable bonds is 10. The SMILES string of the molecule is C/C=C/COc1cc(C)c(OC(C)C#CC(C)Oc2ccc(/C(CC)=N\OC)cc2)c(C)c1.CC. The third-order valence-electron chi connectivity index (χ3n) is 4.84. The minimum Gasteiger partial charge on any atom is -0.490 e. The first-order chi connectivity index (χ1) is 16.9. The number of hydrogen-bond acceptors (Lipinski definition) is 5. The molecular formula is C30H41NO4. The summed E-state index contributed by atoms with van der Waals surface area (Å²) in [5.41, 5.74) is 3.95. The van der Waals surface area contributed by atoms with Gasteiger partial charge in [0.1, 0.15) is 31.0 Å². The van der Waals surface area contributed by atoms with Gasteiger partial charge in [-0.3, -0.25) is 0 Å². The van der Waals surface area contributed by atoms with E-state index >= 15 is 0 Å². The Hall–Kier alpha value is -3.39. The molecule has 2 atom stereocenters. The van der Waals surface area contributed by atoms with Gasteiger partial charge in [-0.05, 0) is 94.1 Å². The highest BCUT2D eigenvalue weighted by molar-refractivity contribution is 6.00. The Kier molecular flexibility index (Phi) is 13.8. The fourth-order valence-electron chi connectivity index (χ4n) is 3.25. The third kappa shape index (κ3) is 10.2. The Morgan fingerprint density at radius 1 is 0.943 bits per heavy atom. The van der Waals surface area contributed by atoms with E-state index in [0.717, 1.165) is 46.1 Å². The molecule has 5 nitrogen and oxygen atoms in total. The van der Waals surface area contributed by atoms with Gasteiger partial charge >= 0.3 is 0 Å². The lowest BCUT2D eigenvalue weighted by molar-refractivity contribution is 0.213. The molecule has 2 unspecified atom stereocenters. The van der Waals surface area contributed by atoms with Crippen LogP contribution in [0.15, 0.2) is 53.7 Å². The van der Waals surface area contributed by atoms with Gasteiger partial charge in [0, 0.05) is 0 Å². The van der Waals surface area contributed by atoms with Crippen molar-refractivity contribution in [3.05, 3.63) is 65.2 Å². The van der Waals surface area contributed by atoms with E-state index in [4.69, 9.17) is 19.0 Å². The Morgan fingerprint density at radius 2 is 1.51 bits per heavy atom. The van der Waals surface area contributed by atoms with Gasteiger partial charge < -0.3 is 19.0 Å². The molecule has 0 fully saturated rings. The Labute approximate surface area is 212 Å². The van der Waals surface area contributed by atoms with Crippen molar-refractivity contribution < 1.29 is 19.0 Å². The maximum atomic E-state index is 6.11. The Balaban J connectivity index is 0.00000298. The van der Waals surface area contributed by atoms with Crippen LogP contribution in [0.25, 0.3) is 0 Å². The number of benzene rings is 2. The zero-order valence-electron chi connectivity index (χ0n) is 22.8. The van der Waals surface area contributed by atoms with Gasteiger partial charge in [0.2, 0.25) is 0 Å². The predicted octanol–water partition coefficient (Wildman–Crippen LogP) is 7.28. The van der Waals surface area contributed by atoms with Crippen molar-refractivity contribution in [2.24, 2.45) is 5.16 Å². The second kappa shape index (κ2) is 16.3. The van der Waals surface area contributed by atoms with Crippen molar-refractivity contribution in [1.29, 1.82) is 0 Å². The van der Waals surface area contributed by atoms with Crippen LogP contribution in [0.5, 0.6) is 17.2 Å². The fourth-order valence-corrected chi connectivity index (χ4v) is 3.25. The molecule has 0 saturated carbocycles. The zero-order valence-corrected chi connectivity index (χ0v) is 22.8. The van der Waals surface area contributed by atoms with E-state index in [0.29, 0.717) is 6.61 Å². The summed E-state index contributed by atoms with van der Waals surface area (Å²) in [6.07, 6.45) is 4.19. The van der Waals surface area contributed by atoms with E-state index in [2.05, 4.69) is 17.0 Å². The van der Waals surface area contributed by atoms with Gasteiger partial charge in [-0.25, -0.2) is 0 Å². The average molecular weight is 480 g/mol. The van der Waals surface area contributed by atoms with Crippen molar-refractivity contribution in [3.63, 3.8) is 0 Å². The van der Waals surface area contributed by atoms with Gasteiger partial charge in [0.05, 0.1) is 5.71 Å². The summed E-state index contributed by atoms with van der Waals surface area (Å²) in [6.45, 7) is 16.5. The molecule has 5 heteroatoms. The highest BCUT2D eigenvalue weighted by Crippen LogP contribution is 2.29. The third-order valence-corrected chi connectivity index (χ3v) is 4.84. The minimum absolute atomic E-state index is 0.273. The van der Waals surface area contributed by atoms with Crippen LogP contribution in [0.1, 0.15) is 64.7 Å². The number of nitrogens with zero attached hydrogens (tertiary/aromatic N) is 1. The summed E-state index contributed by atoms with van der Waals surface area (Å²) in [6, 6.07) is 11.8. The van der Waals surface area contributed by atoms with Crippen molar-refractivity contribution in [3.8, 4) is 29.1 Å². The molecule has 0 spiro atoms.